The third-order valence-corrected chi connectivity index (χ3v) is 10.2. The van der Waals surface area contributed by atoms with Gasteiger partial charge in [0.2, 0.25) is 0 Å². The first-order chi connectivity index (χ1) is 28.2. The second-order valence-corrected chi connectivity index (χ2v) is 16.2. The van der Waals surface area contributed by atoms with E-state index in [2.05, 4.69) is 79.1 Å². The quantitative estimate of drug-likeness (QED) is 0.0178. The molecular weight excluding hydrogens is 759 g/mol. The first-order valence-electron chi connectivity index (χ1n) is 22.0. The second-order valence-electron chi connectivity index (χ2n) is 14.7. The number of epoxide rings is 1. The number of hydrogen-bond donors (Lipinski definition) is 3. The van der Waals surface area contributed by atoms with Gasteiger partial charge in [-0.05, 0) is 77.0 Å². The van der Waals surface area contributed by atoms with Gasteiger partial charge in [-0.1, -0.05) is 138 Å². The van der Waals surface area contributed by atoms with Crippen molar-refractivity contribution in [1.82, 2.24) is 0 Å². The average molecular weight is 837 g/mol. The Bertz CT molecular complexity index is 1260. The van der Waals surface area contributed by atoms with Crippen LogP contribution in [0.1, 0.15) is 155 Å². The van der Waals surface area contributed by atoms with E-state index in [-0.39, 0.29) is 19.4 Å². The van der Waals surface area contributed by atoms with Crippen molar-refractivity contribution in [3.63, 3.8) is 0 Å². The Kier molecular flexibility index (Phi) is 34.4. The summed E-state index contributed by atoms with van der Waals surface area (Å²) in [5.74, 6) is -1.05. The number of ether oxygens (including phenoxy) is 3. The average Bonchev–Trinajstić information content (AvgIpc) is 3.97. The summed E-state index contributed by atoms with van der Waals surface area (Å²) in [4.78, 5) is 35.0. The van der Waals surface area contributed by atoms with E-state index in [1.807, 2.05) is 12.2 Å². The molecule has 0 saturated carbocycles. The predicted octanol–water partition coefficient (Wildman–Crippen LogP) is 10.7. The maximum atomic E-state index is 12.6. The van der Waals surface area contributed by atoms with Crippen molar-refractivity contribution in [2.45, 2.75) is 180 Å². The Morgan fingerprint density at radius 2 is 1.16 bits per heavy atom. The molecule has 1 heterocycles. The van der Waals surface area contributed by atoms with Crippen LogP contribution in [0.2, 0.25) is 0 Å². The molecule has 0 aromatic rings. The van der Waals surface area contributed by atoms with E-state index >= 15 is 0 Å². The highest BCUT2D eigenvalue weighted by molar-refractivity contribution is 7.47. The lowest BCUT2D eigenvalue weighted by molar-refractivity contribution is -0.161. The van der Waals surface area contributed by atoms with Gasteiger partial charge in [0.1, 0.15) is 12.7 Å². The van der Waals surface area contributed by atoms with Crippen molar-refractivity contribution in [1.29, 1.82) is 0 Å². The van der Waals surface area contributed by atoms with Crippen molar-refractivity contribution in [2.24, 2.45) is 0 Å². The van der Waals surface area contributed by atoms with E-state index in [1.54, 1.807) is 0 Å². The van der Waals surface area contributed by atoms with E-state index in [1.165, 1.54) is 51.4 Å². The molecule has 332 valence electrons. The van der Waals surface area contributed by atoms with Gasteiger partial charge in [-0.25, -0.2) is 4.57 Å². The molecule has 0 bridgehead atoms. The molecule has 0 aliphatic carbocycles. The fraction of sp³-hybridized carbons (Fsp3) is 0.696. The number of rotatable bonds is 39. The monoisotopic (exact) mass is 837 g/mol. The number of carbonyl (C=O) groups excluding carboxylic acids is 2. The van der Waals surface area contributed by atoms with Gasteiger partial charge in [0.05, 0.1) is 32.0 Å². The maximum absolute atomic E-state index is 12.6. The SMILES string of the molecule is CCCCC/C=C\C/C=C\C/C=C\C/C=C\C/C=C\CCC(=O)OC[C@H](COP(=O)(O)OC[C@@H](O)CO)OC(=O)CCCCCCC/C=C\CC1OC1CCCCC. The highest BCUT2D eigenvalue weighted by Crippen LogP contribution is 2.43. The molecule has 3 unspecified atom stereocenters. The molecule has 5 atom stereocenters. The number of phosphoric acid groups is 1. The van der Waals surface area contributed by atoms with Gasteiger partial charge < -0.3 is 29.3 Å². The summed E-state index contributed by atoms with van der Waals surface area (Å²) < 4.78 is 38.4. The summed E-state index contributed by atoms with van der Waals surface area (Å²) in [5.41, 5.74) is 0. The molecule has 1 fully saturated rings. The summed E-state index contributed by atoms with van der Waals surface area (Å²) >= 11 is 0. The lowest BCUT2D eigenvalue weighted by Gasteiger charge is -2.20. The third kappa shape index (κ3) is 34.3. The van der Waals surface area contributed by atoms with Crippen LogP contribution >= 0.6 is 7.82 Å². The van der Waals surface area contributed by atoms with Gasteiger partial charge in [-0.2, -0.15) is 0 Å². The minimum Gasteiger partial charge on any atom is -0.462 e. The Labute approximate surface area is 350 Å². The van der Waals surface area contributed by atoms with Crippen LogP contribution < -0.4 is 0 Å². The van der Waals surface area contributed by atoms with Crippen LogP contribution in [0.4, 0.5) is 0 Å². The highest BCUT2D eigenvalue weighted by atomic mass is 31.2. The molecular formula is C46H77O11P. The van der Waals surface area contributed by atoms with E-state index in [0.717, 1.165) is 64.2 Å². The molecule has 0 radical (unpaired) electrons. The number of aliphatic hydroxyl groups is 2. The smallest absolute Gasteiger partial charge is 0.462 e. The number of aliphatic hydroxyl groups excluding tert-OH is 2. The minimum absolute atomic E-state index is 0.109. The minimum atomic E-state index is -4.65. The van der Waals surface area contributed by atoms with Crippen LogP contribution in [0.25, 0.3) is 0 Å². The van der Waals surface area contributed by atoms with Crippen molar-refractivity contribution in [2.75, 3.05) is 26.4 Å². The standard InChI is InChI=1S/C46H77O11P/c1-3-5-7-8-9-10-11-12-13-14-15-16-17-18-19-20-24-27-31-35-45(49)53-39-42(40-55-58(51,52)54-38-41(48)37-47)56-46(50)36-32-28-25-22-21-23-26-30-34-44-43(57-44)33-29-6-4-2/h9-10,12-13,15-16,18-19,24,26-27,30,41-44,47-48H,3-8,11,14,17,20-23,25,28-29,31-40H2,1-2H3,(H,51,52)/b10-9-,13-12-,16-15-,19-18-,27-24-,30-26-/t41-,42+,43?,44?/m0/s1. The predicted molar refractivity (Wildman–Crippen MR) is 232 cm³/mol. The van der Waals surface area contributed by atoms with Crippen LogP contribution in [-0.2, 0) is 37.4 Å². The molecule has 12 heteroatoms. The number of hydrogen-bond acceptors (Lipinski definition) is 10. The summed E-state index contributed by atoms with van der Waals surface area (Å²) in [5, 5.41) is 18.3. The lowest BCUT2D eigenvalue weighted by Crippen LogP contribution is -2.29. The topological polar surface area (TPSA) is 161 Å². The fourth-order valence-electron chi connectivity index (χ4n) is 5.75. The van der Waals surface area contributed by atoms with Crippen molar-refractivity contribution < 1.29 is 52.5 Å². The van der Waals surface area contributed by atoms with E-state index in [9.17, 15) is 24.2 Å². The third-order valence-electron chi connectivity index (χ3n) is 9.27. The summed E-state index contributed by atoms with van der Waals surface area (Å²) in [7, 11) is -4.65. The highest BCUT2D eigenvalue weighted by Gasteiger charge is 2.36. The molecule has 58 heavy (non-hydrogen) atoms. The molecule has 1 rings (SSSR count). The van der Waals surface area contributed by atoms with Gasteiger partial charge in [0, 0.05) is 12.8 Å². The largest absolute Gasteiger partial charge is 0.472 e. The molecule has 0 spiro atoms. The zero-order valence-corrected chi connectivity index (χ0v) is 36.6. The van der Waals surface area contributed by atoms with Gasteiger partial charge in [-0.3, -0.25) is 18.6 Å². The Balaban J connectivity index is 2.31. The van der Waals surface area contributed by atoms with Gasteiger partial charge >= 0.3 is 19.8 Å². The molecule has 1 saturated heterocycles. The zero-order chi connectivity index (χ0) is 42.4. The van der Waals surface area contributed by atoms with Gasteiger partial charge in [-0.15, -0.1) is 0 Å². The first kappa shape index (κ1) is 53.4. The van der Waals surface area contributed by atoms with E-state index in [0.29, 0.717) is 25.0 Å². The van der Waals surface area contributed by atoms with Crippen LogP contribution in [0.3, 0.4) is 0 Å². The molecule has 11 nitrogen and oxygen atoms in total. The summed E-state index contributed by atoms with van der Waals surface area (Å²) in [6, 6.07) is 0. The molecule has 0 amide bonds. The van der Waals surface area contributed by atoms with Gasteiger partial charge in [0.25, 0.3) is 0 Å². The molecule has 1 aliphatic heterocycles. The molecule has 0 aromatic carbocycles. The first-order valence-corrected chi connectivity index (χ1v) is 23.5. The van der Waals surface area contributed by atoms with Crippen molar-refractivity contribution in [3.05, 3.63) is 72.9 Å². The van der Waals surface area contributed by atoms with Crippen LogP contribution in [0, 0.1) is 0 Å². The van der Waals surface area contributed by atoms with Gasteiger partial charge in [0.15, 0.2) is 6.10 Å². The maximum Gasteiger partial charge on any atom is 0.472 e. The molecule has 3 N–H and O–H groups in total. The van der Waals surface area contributed by atoms with Crippen LogP contribution in [0.15, 0.2) is 72.9 Å². The lowest BCUT2D eigenvalue weighted by atomic mass is 10.1. The normalized spacial score (nSPS) is 18.0. The number of unbranched alkanes of at least 4 members (excludes halogenated alkanes) is 10. The second kappa shape index (κ2) is 37.4. The fourth-order valence-corrected chi connectivity index (χ4v) is 6.54. The Morgan fingerprint density at radius 1 is 0.621 bits per heavy atom. The van der Waals surface area contributed by atoms with Crippen LogP contribution in [0.5, 0.6) is 0 Å². The zero-order valence-electron chi connectivity index (χ0n) is 35.7. The molecule has 0 aromatic heterocycles. The molecule has 1 aliphatic rings. The Hall–Kier alpha value is -2.63. The summed E-state index contributed by atoms with van der Waals surface area (Å²) in [6.45, 7) is 2.20. The Morgan fingerprint density at radius 3 is 1.79 bits per heavy atom. The number of esters is 2. The van der Waals surface area contributed by atoms with E-state index in [4.69, 9.17) is 23.8 Å². The number of allylic oxidation sites excluding steroid dienone is 11. The number of carbonyl (C=O) groups is 2. The van der Waals surface area contributed by atoms with Crippen LogP contribution in [-0.4, -0.2) is 77.9 Å². The van der Waals surface area contributed by atoms with E-state index < -0.39 is 51.8 Å². The summed E-state index contributed by atoms with van der Waals surface area (Å²) in [6.07, 6.45) is 44.8. The van der Waals surface area contributed by atoms with Crippen molar-refractivity contribution in [3.8, 4) is 0 Å². The van der Waals surface area contributed by atoms with Crippen molar-refractivity contribution >= 4 is 19.8 Å². The number of phosphoric ester groups is 1.